The van der Waals surface area contributed by atoms with Crippen molar-refractivity contribution in [1.82, 2.24) is 4.98 Å². The lowest BCUT2D eigenvalue weighted by Crippen LogP contribution is -2.05. The van der Waals surface area contributed by atoms with Crippen molar-refractivity contribution in [2.24, 2.45) is 0 Å². The number of halogens is 3. The normalized spacial score (nSPS) is 11.6. The largest absolute Gasteiger partial charge is 0.478 e. The number of carboxylic acid groups (broad SMARTS) is 1. The molecule has 0 aromatic carbocycles. The highest BCUT2D eigenvalue weighted by Gasteiger charge is 2.30. The summed E-state index contributed by atoms with van der Waals surface area (Å²) in [5.41, 5.74) is -0.736. The van der Waals surface area contributed by atoms with Crippen LogP contribution >= 0.6 is 11.8 Å². The quantitative estimate of drug-likeness (QED) is 0.864. The van der Waals surface area contributed by atoms with Gasteiger partial charge in [-0.3, -0.25) is 0 Å². The van der Waals surface area contributed by atoms with Crippen LogP contribution in [0, 0.1) is 6.92 Å². The third-order valence-corrected chi connectivity index (χ3v) is 3.59. The Kier molecular flexibility index (Phi) is 4.26. The van der Waals surface area contributed by atoms with Gasteiger partial charge in [0.25, 0.3) is 0 Å². The molecule has 0 fully saturated rings. The molecule has 8 heteroatoms. The van der Waals surface area contributed by atoms with E-state index in [4.69, 9.17) is 9.52 Å². The first-order valence-corrected chi connectivity index (χ1v) is 6.74. The zero-order chi connectivity index (χ0) is 15.6. The first-order chi connectivity index (χ1) is 9.77. The fraction of sp³-hybridized carbons (Fsp3) is 0.231. The summed E-state index contributed by atoms with van der Waals surface area (Å²) in [6.07, 6.45) is -3.65. The Bertz CT molecular complexity index is 650. The minimum Gasteiger partial charge on any atom is -0.478 e. The zero-order valence-corrected chi connectivity index (χ0v) is 11.6. The Morgan fingerprint density at radius 3 is 2.62 bits per heavy atom. The summed E-state index contributed by atoms with van der Waals surface area (Å²) in [5, 5.41) is 9.28. The predicted molar refractivity (Wildman–Crippen MR) is 69.2 cm³/mol. The number of hydrogen-bond acceptors (Lipinski definition) is 4. The molecule has 0 unspecified atom stereocenters. The molecule has 0 aliphatic rings. The highest BCUT2D eigenvalue weighted by molar-refractivity contribution is 7.98. The molecule has 1 N–H and O–H groups in total. The third-order valence-electron chi connectivity index (χ3n) is 2.63. The first-order valence-electron chi connectivity index (χ1n) is 5.76. The average molecular weight is 317 g/mol. The Morgan fingerprint density at radius 2 is 2.14 bits per heavy atom. The van der Waals surface area contributed by atoms with Gasteiger partial charge in [-0.25, -0.2) is 9.78 Å². The average Bonchev–Trinajstić information content (AvgIpc) is 2.77. The van der Waals surface area contributed by atoms with Crippen LogP contribution in [0.2, 0.25) is 0 Å². The number of aromatic nitrogens is 1. The van der Waals surface area contributed by atoms with Crippen LogP contribution in [0.4, 0.5) is 13.2 Å². The lowest BCUT2D eigenvalue weighted by Gasteiger charge is -2.06. The molecule has 0 spiro atoms. The van der Waals surface area contributed by atoms with Crippen LogP contribution in [0.5, 0.6) is 0 Å². The second-order valence-corrected chi connectivity index (χ2v) is 5.15. The topological polar surface area (TPSA) is 63.3 Å². The highest BCUT2D eigenvalue weighted by atomic mass is 32.2. The van der Waals surface area contributed by atoms with Crippen molar-refractivity contribution in [1.29, 1.82) is 0 Å². The monoisotopic (exact) mass is 317 g/mol. The number of aryl methyl sites for hydroxylation is 1. The van der Waals surface area contributed by atoms with E-state index in [9.17, 15) is 18.0 Å². The number of alkyl halides is 3. The zero-order valence-electron chi connectivity index (χ0n) is 10.8. The fourth-order valence-corrected chi connectivity index (χ4v) is 2.33. The van der Waals surface area contributed by atoms with Crippen molar-refractivity contribution in [2.75, 3.05) is 0 Å². The third kappa shape index (κ3) is 3.78. The molecule has 112 valence electrons. The molecule has 21 heavy (non-hydrogen) atoms. The summed E-state index contributed by atoms with van der Waals surface area (Å²) in [6.45, 7) is 1.54. The summed E-state index contributed by atoms with van der Waals surface area (Å²) in [5.74, 6) is -0.0813. The van der Waals surface area contributed by atoms with Gasteiger partial charge in [0, 0.05) is 6.20 Å². The van der Waals surface area contributed by atoms with Crippen LogP contribution in [-0.4, -0.2) is 16.1 Å². The van der Waals surface area contributed by atoms with Gasteiger partial charge < -0.3 is 9.52 Å². The molecule has 0 aliphatic heterocycles. The van der Waals surface area contributed by atoms with Crippen LogP contribution < -0.4 is 0 Å². The standard InChI is InChI=1S/C13H10F3NO3S/c1-7-10(12(18)19)4-9(20-7)6-21-11-3-2-8(5-17-11)13(14,15)16/h2-5H,6H2,1H3,(H,18,19). The van der Waals surface area contributed by atoms with Crippen molar-refractivity contribution in [3.8, 4) is 0 Å². The maximum atomic E-state index is 12.4. The number of carbonyl (C=O) groups is 1. The van der Waals surface area contributed by atoms with Crippen LogP contribution in [0.15, 0.2) is 33.8 Å². The molecule has 0 saturated carbocycles. The molecule has 2 aromatic rings. The number of hydrogen-bond donors (Lipinski definition) is 1. The molecule has 0 saturated heterocycles. The summed E-state index contributed by atoms with van der Waals surface area (Å²) in [7, 11) is 0. The molecule has 0 aliphatic carbocycles. The Hall–Kier alpha value is -1.96. The van der Waals surface area contributed by atoms with Gasteiger partial charge in [-0.1, -0.05) is 11.8 Å². The van der Waals surface area contributed by atoms with Gasteiger partial charge in [0.2, 0.25) is 0 Å². The molecular weight excluding hydrogens is 307 g/mol. The summed E-state index contributed by atoms with van der Waals surface area (Å²) >= 11 is 1.16. The molecule has 0 bridgehead atoms. The second-order valence-electron chi connectivity index (χ2n) is 4.16. The minimum atomic E-state index is -4.41. The van der Waals surface area contributed by atoms with Gasteiger partial charge in [0.05, 0.1) is 16.3 Å². The number of furan rings is 1. The van der Waals surface area contributed by atoms with Gasteiger partial charge >= 0.3 is 12.1 Å². The van der Waals surface area contributed by atoms with Crippen LogP contribution in [0.3, 0.4) is 0 Å². The van der Waals surface area contributed by atoms with E-state index < -0.39 is 17.7 Å². The van der Waals surface area contributed by atoms with Gasteiger partial charge in [0.1, 0.15) is 17.1 Å². The van der Waals surface area contributed by atoms with E-state index in [1.165, 1.54) is 19.1 Å². The van der Waals surface area contributed by atoms with Gasteiger partial charge in [0.15, 0.2) is 0 Å². The van der Waals surface area contributed by atoms with E-state index in [2.05, 4.69) is 4.98 Å². The number of rotatable bonds is 4. The number of aromatic carboxylic acids is 1. The van der Waals surface area contributed by atoms with E-state index in [-0.39, 0.29) is 11.3 Å². The van der Waals surface area contributed by atoms with Crippen LogP contribution in [-0.2, 0) is 11.9 Å². The van der Waals surface area contributed by atoms with Crippen LogP contribution in [0.25, 0.3) is 0 Å². The molecule has 2 heterocycles. The highest BCUT2D eigenvalue weighted by Crippen LogP contribution is 2.30. The van der Waals surface area contributed by atoms with Crippen molar-refractivity contribution in [3.05, 3.63) is 47.0 Å². The number of pyridine rings is 1. The number of nitrogens with zero attached hydrogens (tertiary/aromatic N) is 1. The number of thioether (sulfide) groups is 1. The number of carboxylic acids is 1. The smallest absolute Gasteiger partial charge is 0.417 e. The first kappa shape index (κ1) is 15.4. The van der Waals surface area contributed by atoms with Crippen LogP contribution in [0.1, 0.15) is 27.4 Å². The minimum absolute atomic E-state index is 0.0750. The van der Waals surface area contributed by atoms with E-state index in [0.29, 0.717) is 16.5 Å². The van der Waals surface area contributed by atoms with Crippen molar-refractivity contribution >= 4 is 17.7 Å². The van der Waals surface area contributed by atoms with E-state index in [1.807, 2.05) is 0 Å². The molecule has 4 nitrogen and oxygen atoms in total. The lowest BCUT2D eigenvalue weighted by molar-refractivity contribution is -0.137. The van der Waals surface area contributed by atoms with Gasteiger partial charge in [-0.15, -0.1) is 0 Å². The van der Waals surface area contributed by atoms with Gasteiger partial charge in [-0.2, -0.15) is 13.2 Å². The molecule has 2 aromatic heterocycles. The fourth-order valence-electron chi connectivity index (χ4n) is 1.61. The maximum absolute atomic E-state index is 12.4. The Balaban J connectivity index is 2.03. The summed E-state index contributed by atoms with van der Waals surface area (Å²) < 4.78 is 42.4. The molecular formula is C13H10F3NO3S. The molecule has 2 rings (SSSR count). The maximum Gasteiger partial charge on any atom is 0.417 e. The summed E-state index contributed by atoms with van der Waals surface area (Å²) in [4.78, 5) is 14.6. The second kappa shape index (κ2) is 5.80. The molecule has 0 radical (unpaired) electrons. The SMILES string of the molecule is Cc1oc(CSc2ccc(C(F)(F)F)cn2)cc1C(=O)O. The van der Waals surface area contributed by atoms with E-state index in [1.54, 1.807) is 0 Å². The van der Waals surface area contributed by atoms with Crippen molar-refractivity contribution < 1.29 is 27.5 Å². The van der Waals surface area contributed by atoms with E-state index in [0.717, 1.165) is 24.0 Å². The summed E-state index contributed by atoms with van der Waals surface area (Å²) in [6, 6.07) is 3.61. The Labute approximate surface area is 122 Å². The lowest BCUT2D eigenvalue weighted by atomic mass is 10.2. The molecule has 0 atom stereocenters. The predicted octanol–water partition coefficient (Wildman–Crippen LogP) is 3.99. The van der Waals surface area contributed by atoms with Crippen molar-refractivity contribution in [2.45, 2.75) is 23.9 Å². The van der Waals surface area contributed by atoms with E-state index >= 15 is 0 Å². The molecule has 0 amide bonds. The van der Waals surface area contributed by atoms with Crippen molar-refractivity contribution in [3.63, 3.8) is 0 Å². The Morgan fingerprint density at radius 1 is 1.43 bits per heavy atom. The van der Waals surface area contributed by atoms with Gasteiger partial charge in [-0.05, 0) is 25.1 Å².